The molecule has 1 aliphatic carbocycles. The van der Waals surface area contributed by atoms with E-state index in [-0.39, 0.29) is 18.5 Å². The molecule has 170 valence electrons. The molecule has 1 amide bonds. The summed E-state index contributed by atoms with van der Waals surface area (Å²) in [5, 5.41) is 9.42. The second-order valence-corrected chi connectivity index (χ2v) is 9.67. The molecule has 1 N–H and O–H groups in total. The van der Waals surface area contributed by atoms with Crippen LogP contribution in [0.1, 0.15) is 47.0 Å². The number of halogens is 5. The zero-order valence-corrected chi connectivity index (χ0v) is 18.1. The number of hydrogen-bond donors (Lipinski definition) is 1. The van der Waals surface area contributed by atoms with E-state index in [1.165, 1.54) is 0 Å². The third-order valence-electron chi connectivity index (χ3n) is 5.11. The third kappa shape index (κ3) is 5.24. The molecule has 0 heterocycles. The van der Waals surface area contributed by atoms with E-state index in [4.69, 9.17) is 18.0 Å². The van der Waals surface area contributed by atoms with Gasteiger partial charge in [-0.25, -0.2) is 9.18 Å². The van der Waals surface area contributed by atoms with Crippen LogP contribution in [0.2, 0.25) is 5.02 Å². The number of aliphatic carboxylic acids is 1. The smallest absolute Gasteiger partial charge is 0.479 e. The van der Waals surface area contributed by atoms with E-state index in [2.05, 4.69) is 4.74 Å². The number of anilines is 1. The lowest BCUT2D eigenvalue weighted by molar-refractivity contribution is -0.275. The van der Waals surface area contributed by atoms with E-state index in [0.29, 0.717) is 12.5 Å². The molecule has 1 saturated carbocycles. The molecular formula is C21H22ClF4NO4. The van der Waals surface area contributed by atoms with Crippen molar-refractivity contribution in [2.75, 3.05) is 4.90 Å². The molecule has 0 saturated heterocycles. The van der Waals surface area contributed by atoms with Gasteiger partial charge in [0, 0.05) is 6.07 Å². The van der Waals surface area contributed by atoms with Crippen molar-refractivity contribution in [1.82, 2.24) is 0 Å². The van der Waals surface area contributed by atoms with Crippen LogP contribution in [0.4, 0.5) is 23.2 Å². The minimum Gasteiger partial charge on any atom is -0.479 e. The highest BCUT2D eigenvalue weighted by Crippen LogP contribution is 2.53. The fourth-order valence-corrected chi connectivity index (χ4v) is 5.22. The van der Waals surface area contributed by atoms with Gasteiger partial charge in [0.15, 0.2) is 11.6 Å². The first-order valence-corrected chi connectivity index (χ1v) is 9.60. The Balaban J connectivity index is 2.74. The molecule has 0 spiro atoms. The largest absolute Gasteiger partial charge is 0.573 e. The summed E-state index contributed by atoms with van der Waals surface area (Å²) in [5.74, 6) is -3.44. The van der Waals surface area contributed by atoms with Gasteiger partial charge in [0.1, 0.15) is 5.54 Å². The number of rotatable bonds is 4. The van der Waals surface area contributed by atoms with Gasteiger partial charge in [0.2, 0.25) is 0 Å². The number of benzene rings is 1. The molecule has 1 aromatic rings. The van der Waals surface area contributed by atoms with Crippen molar-refractivity contribution in [1.29, 1.82) is 0 Å². The lowest BCUT2D eigenvalue weighted by Gasteiger charge is -2.53. The second kappa shape index (κ2) is 7.90. The van der Waals surface area contributed by atoms with Crippen molar-refractivity contribution in [3.8, 4) is 18.1 Å². The van der Waals surface area contributed by atoms with Crippen LogP contribution in [0.15, 0.2) is 12.1 Å². The molecule has 10 heteroatoms. The number of ether oxygens (including phenoxy) is 1. The average Bonchev–Trinajstić information content (AvgIpc) is 2.54. The van der Waals surface area contributed by atoms with Crippen LogP contribution >= 0.6 is 11.6 Å². The van der Waals surface area contributed by atoms with Gasteiger partial charge >= 0.3 is 18.2 Å². The Bertz CT molecular complexity index is 911. The Morgan fingerprint density at radius 1 is 1.16 bits per heavy atom. The number of hydrogen-bond acceptors (Lipinski definition) is 3. The van der Waals surface area contributed by atoms with E-state index >= 15 is 0 Å². The standard InChI is InChI=1S/C21H22ClF4NO4/c1-6-15(28)27(12-7-13(22)16(14(23)8-12)31-21(24,25)26)20(17(29)30)10-18(2,3)9-19(4,5)11-20/h1,7-8H,9-11H2,2-5H3,(H,29,30). The summed E-state index contributed by atoms with van der Waals surface area (Å²) in [5.41, 5.74) is -3.35. The van der Waals surface area contributed by atoms with Gasteiger partial charge in [-0.2, -0.15) is 0 Å². The normalized spacial score (nSPS) is 19.2. The number of alkyl halides is 3. The molecule has 1 fully saturated rings. The molecule has 31 heavy (non-hydrogen) atoms. The first-order valence-electron chi connectivity index (χ1n) is 9.22. The van der Waals surface area contributed by atoms with Crippen molar-refractivity contribution >= 4 is 29.2 Å². The Hall–Kier alpha value is -2.47. The number of carbonyl (C=O) groups is 2. The van der Waals surface area contributed by atoms with Crippen LogP contribution in [0.5, 0.6) is 5.75 Å². The fourth-order valence-electron chi connectivity index (χ4n) is 4.98. The quantitative estimate of drug-likeness (QED) is 0.479. The molecule has 1 aliphatic rings. The molecule has 0 atom stereocenters. The lowest BCUT2D eigenvalue weighted by atomic mass is 9.57. The maximum absolute atomic E-state index is 14.5. The number of carbonyl (C=O) groups excluding carboxylic acids is 1. The molecule has 0 bridgehead atoms. The summed E-state index contributed by atoms with van der Waals surface area (Å²) in [6, 6.07) is 1.39. The van der Waals surface area contributed by atoms with Gasteiger partial charge in [-0.3, -0.25) is 9.69 Å². The van der Waals surface area contributed by atoms with Crippen molar-refractivity contribution in [3.05, 3.63) is 23.0 Å². The number of carboxylic acid groups (broad SMARTS) is 1. The summed E-state index contributed by atoms with van der Waals surface area (Å²) < 4.78 is 55.8. The van der Waals surface area contributed by atoms with E-state index in [9.17, 15) is 32.3 Å². The highest BCUT2D eigenvalue weighted by Gasteiger charge is 2.57. The Kier molecular flexibility index (Phi) is 6.32. The summed E-state index contributed by atoms with van der Waals surface area (Å²) in [6.07, 6.45) is 0.654. The minimum atomic E-state index is -5.21. The van der Waals surface area contributed by atoms with Crippen molar-refractivity contribution in [2.24, 2.45) is 10.8 Å². The maximum Gasteiger partial charge on any atom is 0.573 e. The van der Waals surface area contributed by atoms with Crippen molar-refractivity contribution in [2.45, 2.75) is 58.9 Å². The van der Waals surface area contributed by atoms with Crippen LogP contribution in [0, 0.1) is 29.0 Å². The van der Waals surface area contributed by atoms with E-state index in [0.717, 1.165) is 11.0 Å². The predicted molar refractivity (Wildman–Crippen MR) is 106 cm³/mol. The Morgan fingerprint density at radius 2 is 1.68 bits per heavy atom. The van der Waals surface area contributed by atoms with E-state index in [1.54, 1.807) is 0 Å². The summed E-state index contributed by atoms with van der Waals surface area (Å²) in [4.78, 5) is 26.0. The summed E-state index contributed by atoms with van der Waals surface area (Å²) in [7, 11) is 0. The Labute approximate surface area is 182 Å². The minimum absolute atomic E-state index is 0.0216. The molecular weight excluding hydrogens is 442 g/mol. The van der Waals surface area contributed by atoms with Gasteiger partial charge in [-0.1, -0.05) is 39.3 Å². The molecule has 0 radical (unpaired) electrons. The highest BCUT2D eigenvalue weighted by atomic mass is 35.5. The van der Waals surface area contributed by atoms with Crippen LogP contribution in [-0.2, 0) is 9.59 Å². The van der Waals surface area contributed by atoms with Crippen LogP contribution in [0.25, 0.3) is 0 Å². The zero-order valence-electron chi connectivity index (χ0n) is 17.4. The monoisotopic (exact) mass is 463 g/mol. The first kappa shape index (κ1) is 24.8. The predicted octanol–water partition coefficient (Wildman–Crippen LogP) is 5.40. The van der Waals surface area contributed by atoms with E-state index in [1.807, 2.05) is 33.6 Å². The van der Waals surface area contributed by atoms with Crippen LogP contribution in [0.3, 0.4) is 0 Å². The van der Waals surface area contributed by atoms with Gasteiger partial charge in [-0.05, 0) is 42.1 Å². The molecule has 0 unspecified atom stereocenters. The van der Waals surface area contributed by atoms with Gasteiger partial charge in [-0.15, -0.1) is 19.6 Å². The molecule has 0 aliphatic heterocycles. The fraction of sp³-hybridized carbons (Fsp3) is 0.524. The maximum atomic E-state index is 14.5. The molecule has 5 nitrogen and oxygen atoms in total. The summed E-state index contributed by atoms with van der Waals surface area (Å²) in [6.45, 7) is 7.33. The van der Waals surface area contributed by atoms with Crippen molar-refractivity contribution in [3.63, 3.8) is 0 Å². The molecule has 1 aromatic carbocycles. The number of terminal acetylenes is 1. The van der Waals surface area contributed by atoms with Crippen LogP contribution < -0.4 is 9.64 Å². The molecule has 2 rings (SSSR count). The third-order valence-corrected chi connectivity index (χ3v) is 5.39. The highest BCUT2D eigenvalue weighted by molar-refractivity contribution is 6.32. The van der Waals surface area contributed by atoms with E-state index < -0.39 is 51.2 Å². The van der Waals surface area contributed by atoms with Crippen molar-refractivity contribution < 1.29 is 37.0 Å². The topological polar surface area (TPSA) is 66.8 Å². The first-order chi connectivity index (χ1) is 13.9. The Morgan fingerprint density at radius 3 is 2.06 bits per heavy atom. The van der Waals surface area contributed by atoms with Gasteiger partial charge < -0.3 is 9.84 Å². The number of amides is 1. The molecule has 0 aromatic heterocycles. The number of carboxylic acids is 1. The number of nitrogens with zero attached hydrogens (tertiary/aromatic N) is 1. The van der Waals surface area contributed by atoms with Gasteiger partial charge in [0.05, 0.1) is 10.7 Å². The zero-order chi connectivity index (χ0) is 24.0. The lowest BCUT2D eigenvalue weighted by Crippen LogP contribution is -2.63. The SMILES string of the molecule is C#CC(=O)N(c1cc(F)c(OC(F)(F)F)c(Cl)c1)C1(C(=O)O)CC(C)(C)CC(C)(C)C1. The second-order valence-electron chi connectivity index (χ2n) is 9.27. The average molecular weight is 464 g/mol. The van der Waals surface area contributed by atoms with Crippen LogP contribution in [-0.4, -0.2) is 28.9 Å². The van der Waals surface area contributed by atoms with Gasteiger partial charge in [0.25, 0.3) is 0 Å². The summed E-state index contributed by atoms with van der Waals surface area (Å²) >= 11 is 5.81.